The molecule has 1 atom stereocenters. The van der Waals surface area contributed by atoms with E-state index in [0.29, 0.717) is 5.02 Å². The second kappa shape index (κ2) is 6.68. The monoisotopic (exact) mass is 389 g/mol. The fraction of sp³-hybridized carbons (Fsp3) is 0.200. The number of hydrogen-bond acceptors (Lipinski definition) is 1. The lowest BCUT2D eigenvalue weighted by molar-refractivity contribution is 0.589. The van der Waals surface area contributed by atoms with Crippen LogP contribution in [0.4, 0.5) is 4.39 Å². The van der Waals surface area contributed by atoms with E-state index >= 15 is 0 Å². The predicted molar refractivity (Wildman–Crippen MR) is 86.1 cm³/mol. The van der Waals surface area contributed by atoms with Crippen LogP contribution in [-0.2, 0) is 6.42 Å². The van der Waals surface area contributed by atoms with E-state index in [0.717, 1.165) is 12.0 Å². The molecular formula is C15H14ClFIN. The van der Waals surface area contributed by atoms with Gasteiger partial charge in [0.15, 0.2) is 0 Å². The molecule has 100 valence electrons. The summed E-state index contributed by atoms with van der Waals surface area (Å²) in [6.07, 6.45) is 0.732. The Hall–Kier alpha value is -0.650. The molecule has 0 spiro atoms. The highest BCUT2D eigenvalue weighted by molar-refractivity contribution is 14.1. The number of rotatable bonds is 4. The molecule has 0 aliphatic rings. The van der Waals surface area contributed by atoms with Gasteiger partial charge in [-0.25, -0.2) is 4.39 Å². The maximum Gasteiger partial charge on any atom is 0.124 e. The summed E-state index contributed by atoms with van der Waals surface area (Å²) in [5, 5.41) is 3.75. The topological polar surface area (TPSA) is 12.0 Å². The summed E-state index contributed by atoms with van der Waals surface area (Å²) in [7, 11) is 1.92. The molecule has 0 heterocycles. The summed E-state index contributed by atoms with van der Waals surface area (Å²) in [4.78, 5) is 0. The first-order valence-electron chi connectivity index (χ1n) is 5.97. The molecule has 0 aliphatic carbocycles. The van der Waals surface area contributed by atoms with Crippen molar-refractivity contribution in [1.29, 1.82) is 0 Å². The Morgan fingerprint density at radius 2 is 1.89 bits per heavy atom. The van der Waals surface area contributed by atoms with Crippen LogP contribution in [0.3, 0.4) is 0 Å². The van der Waals surface area contributed by atoms with Gasteiger partial charge in [0, 0.05) is 14.6 Å². The molecule has 2 rings (SSSR count). The second-order valence-corrected chi connectivity index (χ2v) is 5.99. The third-order valence-corrected chi connectivity index (χ3v) is 4.13. The SMILES string of the molecule is CNC(Cc1ccc(F)cc1Cl)c1ccc(I)cc1. The predicted octanol–water partition coefficient (Wildman–Crippen LogP) is 4.59. The maximum atomic E-state index is 13.0. The molecular weight excluding hydrogens is 376 g/mol. The smallest absolute Gasteiger partial charge is 0.124 e. The summed E-state index contributed by atoms with van der Waals surface area (Å²) in [6.45, 7) is 0. The lowest BCUT2D eigenvalue weighted by Gasteiger charge is -2.17. The highest BCUT2D eigenvalue weighted by atomic mass is 127. The van der Waals surface area contributed by atoms with Gasteiger partial charge in [-0.05, 0) is 71.5 Å². The van der Waals surface area contributed by atoms with E-state index in [4.69, 9.17) is 11.6 Å². The van der Waals surface area contributed by atoms with Gasteiger partial charge in [0.05, 0.1) is 0 Å². The van der Waals surface area contributed by atoms with Crippen LogP contribution in [0.5, 0.6) is 0 Å². The molecule has 1 N–H and O–H groups in total. The van der Waals surface area contributed by atoms with E-state index < -0.39 is 0 Å². The first-order valence-corrected chi connectivity index (χ1v) is 7.42. The van der Waals surface area contributed by atoms with Crippen LogP contribution in [0, 0.1) is 9.39 Å². The quantitative estimate of drug-likeness (QED) is 0.754. The van der Waals surface area contributed by atoms with Crippen LogP contribution in [0.1, 0.15) is 17.2 Å². The van der Waals surface area contributed by atoms with Crippen LogP contribution in [-0.4, -0.2) is 7.05 Å². The average molecular weight is 390 g/mol. The van der Waals surface area contributed by atoms with Crippen molar-refractivity contribution in [2.75, 3.05) is 7.05 Å². The molecule has 0 bridgehead atoms. The minimum atomic E-state index is -0.302. The number of benzene rings is 2. The summed E-state index contributed by atoms with van der Waals surface area (Å²) in [6, 6.07) is 13.1. The Labute approximate surface area is 131 Å². The largest absolute Gasteiger partial charge is 0.313 e. The molecule has 0 amide bonds. The summed E-state index contributed by atoms with van der Waals surface area (Å²) in [5.41, 5.74) is 2.14. The van der Waals surface area contributed by atoms with Crippen molar-refractivity contribution in [2.24, 2.45) is 0 Å². The van der Waals surface area contributed by atoms with Crippen molar-refractivity contribution < 1.29 is 4.39 Å². The first-order chi connectivity index (χ1) is 9.10. The molecule has 2 aromatic rings. The number of likely N-dealkylation sites (N-methyl/N-ethyl adjacent to an activating group) is 1. The molecule has 0 saturated heterocycles. The van der Waals surface area contributed by atoms with Crippen molar-refractivity contribution in [1.82, 2.24) is 5.32 Å². The van der Waals surface area contributed by atoms with Gasteiger partial charge in [0.25, 0.3) is 0 Å². The van der Waals surface area contributed by atoms with Crippen LogP contribution in [0.25, 0.3) is 0 Å². The van der Waals surface area contributed by atoms with Crippen LogP contribution in [0.15, 0.2) is 42.5 Å². The molecule has 1 nitrogen and oxygen atoms in total. The normalized spacial score (nSPS) is 12.4. The zero-order valence-electron chi connectivity index (χ0n) is 10.5. The van der Waals surface area contributed by atoms with Crippen LogP contribution >= 0.6 is 34.2 Å². The first kappa shape index (κ1) is 14.8. The number of halogens is 3. The zero-order chi connectivity index (χ0) is 13.8. The van der Waals surface area contributed by atoms with Crippen molar-refractivity contribution in [3.8, 4) is 0 Å². The summed E-state index contributed by atoms with van der Waals surface area (Å²) < 4.78 is 14.2. The molecule has 0 fully saturated rings. The Kier molecular flexibility index (Phi) is 5.19. The molecule has 0 saturated carbocycles. The lowest BCUT2D eigenvalue weighted by Crippen LogP contribution is -2.19. The molecule has 0 aliphatic heterocycles. The van der Waals surface area contributed by atoms with Gasteiger partial charge in [-0.1, -0.05) is 29.8 Å². The highest BCUT2D eigenvalue weighted by Gasteiger charge is 2.12. The number of hydrogen-bond donors (Lipinski definition) is 1. The standard InChI is InChI=1S/C15H14ClFIN/c1-19-15(10-3-6-13(18)7-4-10)8-11-2-5-12(17)9-14(11)16/h2-7,9,15,19H,8H2,1H3. The van der Waals surface area contributed by atoms with Crippen LogP contribution in [0.2, 0.25) is 5.02 Å². The van der Waals surface area contributed by atoms with Crippen LogP contribution < -0.4 is 5.32 Å². The second-order valence-electron chi connectivity index (χ2n) is 4.33. The van der Waals surface area contributed by atoms with Gasteiger partial charge >= 0.3 is 0 Å². The van der Waals surface area contributed by atoms with E-state index in [-0.39, 0.29) is 11.9 Å². The third-order valence-electron chi connectivity index (χ3n) is 3.06. The molecule has 2 aromatic carbocycles. The fourth-order valence-corrected chi connectivity index (χ4v) is 2.59. The van der Waals surface area contributed by atoms with Gasteiger partial charge in [-0.15, -0.1) is 0 Å². The van der Waals surface area contributed by atoms with E-state index in [1.807, 2.05) is 7.05 Å². The molecule has 0 radical (unpaired) electrons. The number of nitrogens with one attached hydrogen (secondary N) is 1. The van der Waals surface area contributed by atoms with E-state index in [1.54, 1.807) is 6.07 Å². The average Bonchev–Trinajstić information content (AvgIpc) is 2.39. The minimum absolute atomic E-state index is 0.167. The molecule has 4 heteroatoms. The highest BCUT2D eigenvalue weighted by Crippen LogP contribution is 2.24. The van der Waals surface area contributed by atoms with Gasteiger partial charge in [-0.3, -0.25) is 0 Å². The lowest BCUT2D eigenvalue weighted by atomic mass is 9.99. The Balaban J connectivity index is 2.21. The molecule has 19 heavy (non-hydrogen) atoms. The van der Waals surface area contributed by atoms with Crippen molar-refractivity contribution >= 4 is 34.2 Å². The van der Waals surface area contributed by atoms with E-state index in [2.05, 4.69) is 52.2 Å². The van der Waals surface area contributed by atoms with Gasteiger partial charge < -0.3 is 5.32 Å². The Morgan fingerprint density at radius 1 is 1.21 bits per heavy atom. The van der Waals surface area contributed by atoms with E-state index in [1.165, 1.54) is 21.3 Å². The summed E-state index contributed by atoms with van der Waals surface area (Å²) in [5.74, 6) is -0.302. The maximum absolute atomic E-state index is 13.0. The van der Waals surface area contributed by atoms with Gasteiger partial charge in [0.2, 0.25) is 0 Å². The Bertz CT molecular complexity index is 557. The summed E-state index contributed by atoms with van der Waals surface area (Å²) >= 11 is 8.36. The fourth-order valence-electron chi connectivity index (χ4n) is 1.99. The van der Waals surface area contributed by atoms with E-state index in [9.17, 15) is 4.39 Å². The van der Waals surface area contributed by atoms with Gasteiger partial charge in [0.1, 0.15) is 5.82 Å². The third kappa shape index (κ3) is 3.91. The van der Waals surface area contributed by atoms with Crippen molar-refractivity contribution in [2.45, 2.75) is 12.5 Å². The zero-order valence-corrected chi connectivity index (χ0v) is 13.4. The van der Waals surface area contributed by atoms with Crippen molar-refractivity contribution in [3.63, 3.8) is 0 Å². The van der Waals surface area contributed by atoms with Gasteiger partial charge in [-0.2, -0.15) is 0 Å². The molecule has 0 aromatic heterocycles. The Morgan fingerprint density at radius 3 is 2.47 bits per heavy atom. The van der Waals surface area contributed by atoms with Crippen molar-refractivity contribution in [3.05, 3.63) is 68.0 Å². The minimum Gasteiger partial charge on any atom is -0.313 e. The molecule has 1 unspecified atom stereocenters.